The maximum atomic E-state index is 11.1. The van der Waals surface area contributed by atoms with Crippen molar-refractivity contribution in [1.29, 1.82) is 0 Å². The summed E-state index contributed by atoms with van der Waals surface area (Å²) in [6.07, 6.45) is 6.58. The van der Waals surface area contributed by atoms with Crippen LogP contribution in [0, 0.1) is 35.5 Å². The smallest absolute Gasteiger partial charge is 0.192 e. The Bertz CT molecular complexity index is 396. The lowest BCUT2D eigenvalue weighted by Gasteiger charge is -2.41. The molecule has 2 fully saturated rings. The van der Waals surface area contributed by atoms with Crippen LogP contribution in [-0.2, 0) is 4.52 Å². The van der Waals surface area contributed by atoms with Crippen LogP contribution in [0.5, 0.6) is 0 Å². The molecular weight excluding hydrogens is 319 g/mol. The predicted octanol–water partition coefficient (Wildman–Crippen LogP) is 5.67. The molecule has 0 heterocycles. The summed E-state index contributed by atoms with van der Waals surface area (Å²) >= 11 is 0. The summed E-state index contributed by atoms with van der Waals surface area (Å²) in [4.78, 5) is 22.1. The van der Waals surface area contributed by atoms with E-state index in [0.717, 1.165) is 25.7 Å². The average molecular weight is 360 g/mol. The molecule has 0 saturated heterocycles. The second-order valence-corrected chi connectivity index (χ2v) is 11.5. The second-order valence-electron chi connectivity index (χ2n) is 9.45. The molecule has 2 saturated carbocycles. The molecule has 0 aromatic rings. The Morgan fingerprint density at radius 3 is 1.83 bits per heavy atom. The second kappa shape index (κ2) is 8.33. The summed E-state index contributed by atoms with van der Waals surface area (Å²) in [7, 11) is -3.34. The first kappa shape index (κ1) is 20.6. The van der Waals surface area contributed by atoms with E-state index in [9.17, 15) is 9.79 Å². The van der Waals surface area contributed by atoms with Crippen LogP contribution in [-0.4, -0.2) is 21.5 Å². The van der Waals surface area contributed by atoms with Gasteiger partial charge < -0.3 is 0 Å². The van der Waals surface area contributed by atoms with Gasteiger partial charge in [0.15, 0.2) is 5.66 Å². The van der Waals surface area contributed by atoms with E-state index < -0.39 is 7.94 Å². The van der Waals surface area contributed by atoms with E-state index in [1.165, 1.54) is 12.8 Å². The quantitative estimate of drug-likeness (QED) is 0.622. The van der Waals surface area contributed by atoms with Crippen LogP contribution in [0.15, 0.2) is 0 Å². The standard InChI is InChI=1S/C20H40O3P/c1-13(2)17-9-7-15(5)11-19(17)23-24(21,22)20-12-16(6)8-10-18(20)14(3)4/h13-22H,7-12H2,1-6H3/q+1. The van der Waals surface area contributed by atoms with Gasteiger partial charge in [-0.05, 0) is 55.3 Å². The van der Waals surface area contributed by atoms with E-state index in [-0.39, 0.29) is 11.8 Å². The molecule has 0 spiro atoms. The van der Waals surface area contributed by atoms with Gasteiger partial charge in [0.05, 0.1) is 0 Å². The molecule has 142 valence electrons. The van der Waals surface area contributed by atoms with E-state index in [2.05, 4.69) is 41.5 Å². The highest BCUT2D eigenvalue weighted by Crippen LogP contribution is 2.65. The highest BCUT2D eigenvalue weighted by molar-refractivity contribution is 7.60. The van der Waals surface area contributed by atoms with E-state index in [1.54, 1.807) is 0 Å². The predicted molar refractivity (Wildman–Crippen MR) is 103 cm³/mol. The first-order valence-corrected chi connectivity index (χ1v) is 11.8. The van der Waals surface area contributed by atoms with Crippen molar-refractivity contribution in [1.82, 2.24) is 0 Å². The Hall–Kier alpha value is 0.310. The molecule has 6 unspecified atom stereocenters. The number of hydrogen-bond acceptors (Lipinski definition) is 3. The third-order valence-corrected chi connectivity index (χ3v) is 8.71. The lowest BCUT2D eigenvalue weighted by Crippen LogP contribution is -2.39. The number of hydrogen-bond donors (Lipinski definition) is 2. The molecule has 0 radical (unpaired) electrons. The maximum Gasteiger partial charge on any atom is 0.409 e. The fourth-order valence-electron chi connectivity index (χ4n) is 5.05. The zero-order chi connectivity index (χ0) is 18.1. The third-order valence-electron chi connectivity index (χ3n) is 6.67. The summed E-state index contributed by atoms with van der Waals surface area (Å²) in [6, 6.07) is 0. The van der Waals surface area contributed by atoms with Crippen LogP contribution >= 0.6 is 7.94 Å². The van der Waals surface area contributed by atoms with Crippen molar-refractivity contribution in [3.8, 4) is 0 Å². The average Bonchev–Trinajstić information content (AvgIpc) is 2.46. The molecule has 0 bridgehead atoms. The van der Waals surface area contributed by atoms with Crippen molar-refractivity contribution in [3.05, 3.63) is 0 Å². The molecule has 0 aliphatic heterocycles. The van der Waals surface area contributed by atoms with Gasteiger partial charge in [0, 0.05) is 5.92 Å². The Labute approximate surface area is 150 Å². The first-order valence-electron chi connectivity index (χ1n) is 10.1. The van der Waals surface area contributed by atoms with Crippen LogP contribution in [0.3, 0.4) is 0 Å². The highest BCUT2D eigenvalue weighted by atomic mass is 31.2. The fourth-order valence-corrected chi connectivity index (χ4v) is 7.48. The molecule has 4 heteroatoms. The molecule has 0 aromatic heterocycles. The van der Waals surface area contributed by atoms with Crippen molar-refractivity contribution in [2.45, 2.75) is 91.8 Å². The summed E-state index contributed by atoms with van der Waals surface area (Å²) in [5.74, 6) is 3.04. The molecule has 6 atom stereocenters. The van der Waals surface area contributed by atoms with Gasteiger partial charge in [0.1, 0.15) is 6.10 Å². The van der Waals surface area contributed by atoms with Crippen molar-refractivity contribution in [2.75, 3.05) is 0 Å². The summed E-state index contributed by atoms with van der Waals surface area (Å²) < 4.78 is 6.21. The van der Waals surface area contributed by atoms with Crippen molar-refractivity contribution in [2.24, 2.45) is 35.5 Å². The van der Waals surface area contributed by atoms with E-state index in [4.69, 9.17) is 4.52 Å². The van der Waals surface area contributed by atoms with Crippen LogP contribution < -0.4 is 0 Å². The van der Waals surface area contributed by atoms with E-state index >= 15 is 0 Å². The minimum absolute atomic E-state index is 0.0159. The molecule has 0 amide bonds. The van der Waals surface area contributed by atoms with Gasteiger partial charge in [-0.15, -0.1) is 0 Å². The Morgan fingerprint density at radius 2 is 1.29 bits per heavy atom. The van der Waals surface area contributed by atoms with Crippen molar-refractivity contribution < 1.29 is 14.3 Å². The zero-order valence-electron chi connectivity index (χ0n) is 16.6. The molecule has 2 rings (SSSR count). The topological polar surface area (TPSA) is 49.7 Å². The Morgan fingerprint density at radius 1 is 0.792 bits per heavy atom. The molecule has 2 N–H and O–H groups in total. The lowest BCUT2D eigenvalue weighted by molar-refractivity contribution is 0.0219. The van der Waals surface area contributed by atoms with Crippen LogP contribution in [0.25, 0.3) is 0 Å². The summed E-state index contributed by atoms with van der Waals surface area (Å²) in [5, 5.41) is 0. The summed E-state index contributed by atoms with van der Waals surface area (Å²) in [5.41, 5.74) is -0.0636. The molecular formula is C20H40O3P+. The lowest BCUT2D eigenvalue weighted by atomic mass is 9.75. The Kier molecular flexibility index (Phi) is 7.16. The van der Waals surface area contributed by atoms with E-state index in [1.807, 2.05) is 0 Å². The van der Waals surface area contributed by atoms with Gasteiger partial charge in [-0.3, -0.25) is 0 Å². The molecule has 2 aliphatic carbocycles. The highest BCUT2D eigenvalue weighted by Gasteiger charge is 2.55. The fraction of sp³-hybridized carbons (Fsp3) is 1.00. The van der Waals surface area contributed by atoms with Gasteiger partial charge in [-0.2, -0.15) is 14.3 Å². The number of rotatable bonds is 5. The minimum Gasteiger partial charge on any atom is -0.192 e. The van der Waals surface area contributed by atoms with Crippen LogP contribution in [0.4, 0.5) is 0 Å². The molecule has 3 nitrogen and oxygen atoms in total. The van der Waals surface area contributed by atoms with Crippen molar-refractivity contribution >= 4 is 7.94 Å². The third kappa shape index (κ3) is 4.93. The summed E-state index contributed by atoms with van der Waals surface area (Å²) in [6.45, 7) is 13.4. The molecule has 0 aromatic carbocycles. The van der Waals surface area contributed by atoms with E-state index in [0.29, 0.717) is 35.5 Å². The van der Waals surface area contributed by atoms with Gasteiger partial charge in [0.2, 0.25) is 0 Å². The van der Waals surface area contributed by atoms with Crippen molar-refractivity contribution in [3.63, 3.8) is 0 Å². The van der Waals surface area contributed by atoms with Gasteiger partial charge in [-0.25, -0.2) is 0 Å². The molecule has 24 heavy (non-hydrogen) atoms. The van der Waals surface area contributed by atoms with Gasteiger partial charge >= 0.3 is 7.94 Å². The van der Waals surface area contributed by atoms with Gasteiger partial charge in [-0.1, -0.05) is 54.4 Å². The SMILES string of the molecule is CC1CCC(C(C)C)C(O[P+](O)(O)C2CC(C)CCC2C(C)C)C1. The monoisotopic (exact) mass is 359 g/mol. The maximum absolute atomic E-state index is 11.1. The van der Waals surface area contributed by atoms with Crippen LogP contribution in [0.1, 0.15) is 80.1 Å². The minimum atomic E-state index is -3.34. The Balaban J connectivity index is 2.14. The normalized spacial score (nSPS) is 38.8. The zero-order valence-corrected chi connectivity index (χ0v) is 17.5. The largest absolute Gasteiger partial charge is 0.409 e. The first-order chi connectivity index (χ1) is 11.1. The van der Waals surface area contributed by atoms with Gasteiger partial charge in [0.25, 0.3) is 0 Å². The van der Waals surface area contributed by atoms with Crippen LogP contribution in [0.2, 0.25) is 0 Å². The molecule has 2 aliphatic rings.